The molecular weight excluding hydrogens is 486 g/mol. The van der Waals surface area contributed by atoms with Crippen molar-refractivity contribution in [2.24, 2.45) is 0 Å². The van der Waals surface area contributed by atoms with Crippen LogP contribution in [0.15, 0.2) is 67.1 Å². The van der Waals surface area contributed by atoms with Crippen LogP contribution in [-0.4, -0.2) is 67.1 Å². The molecule has 7 nitrogen and oxygen atoms in total. The Morgan fingerprint density at radius 3 is 2.53 bits per heavy atom. The van der Waals surface area contributed by atoms with Crippen molar-refractivity contribution < 1.29 is 13.6 Å². The van der Waals surface area contributed by atoms with Gasteiger partial charge in [-0.2, -0.15) is 0 Å². The van der Waals surface area contributed by atoms with E-state index in [2.05, 4.69) is 19.4 Å². The highest BCUT2D eigenvalue weighted by molar-refractivity contribution is 5.85. The largest absolute Gasteiger partial charge is 0.340 e. The lowest BCUT2D eigenvalue weighted by molar-refractivity contribution is -0.148. The number of piperidine rings is 2. The molecule has 1 amide bonds. The molecule has 0 radical (unpaired) electrons. The van der Waals surface area contributed by atoms with Crippen molar-refractivity contribution in [3.63, 3.8) is 0 Å². The first kappa shape index (κ1) is 24.6. The summed E-state index contributed by atoms with van der Waals surface area (Å²) in [5, 5.41) is 0. The van der Waals surface area contributed by atoms with Gasteiger partial charge in [0.25, 0.3) is 5.91 Å². The lowest BCUT2D eigenvalue weighted by Crippen LogP contribution is -2.53. The molecular formula is C29H30F2N6O. The van der Waals surface area contributed by atoms with Crippen molar-refractivity contribution in [2.75, 3.05) is 26.2 Å². The first-order valence-corrected chi connectivity index (χ1v) is 13.2. The smallest absolute Gasteiger partial charge is 0.260 e. The number of alkyl halides is 1. The summed E-state index contributed by atoms with van der Waals surface area (Å²) in [7, 11) is 0. The fourth-order valence-corrected chi connectivity index (χ4v) is 5.76. The number of amides is 1. The molecule has 0 bridgehead atoms. The minimum atomic E-state index is -1.82. The Bertz CT molecular complexity index is 1410. The molecule has 6 rings (SSSR count). The first-order valence-electron chi connectivity index (χ1n) is 13.2. The maximum atomic E-state index is 15.9. The number of nitrogens with zero attached hydrogens (tertiary/aromatic N) is 6. The summed E-state index contributed by atoms with van der Waals surface area (Å²) in [5.74, 6) is -0.0479. The third kappa shape index (κ3) is 4.78. The van der Waals surface area contributed by atoms with Gasteiger partial charge >= 0.3 is 0 Å². The normalized spacial score (nSPS) is 18.6. The highest BCUT2D eigenvalue weighted by Crippen LogP contribution is 2.35. The molecule has 0 spiro atoms. The van der Waals surface area contributed by atoms with Crippen LogP contribution in [0, 0.1) is 5.82 Å². The Balaban J connectivity index is 1.14. The molecule has 196 valence electrons. The predicted octanol–water partition coefficient (Wildman–Crippen LogP) is 4.80. The Labute approximate surface area is 220 Å². The second-order valence-corrected chi connectivity index (χ2v) is 10.3. The summed E-state index contributed by atoms with van der Waals surface area (Å²) in [5.41, 5.74) is 1.39. The molecule has 3 aromatic heterocycles. The lowest BCUT2D eigenvalue weighted by Gasteiger charge is -2.40. The summed E-state index contributed by atoms with van der Waals surface area (Å²) in [6, 6.07) is 14.2. The van der Waals surface area contributed by atoms with Crippen molar-refractivity contribution in [1.29, 1.82) is 0 Å². The Kier molecular flexibility index (Phi) is 6.61. The minimum Gasteiger partial charge on any atom is -0.340 e. The third-order valence-electron chi connectivity index (χ3n) is 7.82. The number of imidazole rings is 1. The molecule has 0 aliphatic carbocycles. The highest BCUT2D eigenvalue weighted by atomic mass is 19.1. The van der Waals surface area contributed by atoms with Gasteiger partial charge < -0.3 is 9.47 Å². The van der Waals surface area contributed by atoms with E-state index >= 15 is 4.39 Å². The molecule has 2 saturated heterocycles. The van der Waals surface area contributed by atoms with Gasteiger partial charge in [0.05, 0.1) is 11.0 Å². The Hall–Kier alpha value is -3.72. The standard InChI is InChI=1S/C29H30F2N6O/c30-22-6-7-26-25(18-22)34-27(24-5-1-2-13-33-24)37(26)23-8-14-36(15-9-23)28(38)29(31)10-16-35(17-11-29)20-21-4-3-12-32-19-21/h1-7,12-13,18-19,23H,8-11,14-17,20H2. The van der Waals surface area contributed by atoms with Crippen LogP contribution < -0.4 is 0 Å². The van der Waals surface area contributed by atoms with Crippen LogP contribution in [0.2, 0.25) is 0 Å². The van der Waals surface area contributed by atoms with Crippen LogP contribution >= 0.6 is 0 Å². The van der Waals surface area contributed by atoms with Gasteiger partial charge in [-0.15, -0.1) is 0 Å². The molecule has 0 atom stereocenters. The SMILES string of the molecule is O=C(N1CCC(n2c(-c3ccccn3)nc3cc(F)ccc32)CC1)C1(F)CCN(Cc2cccnc2)CC1. The first-order chi connectivity index (χ1) is 18.5. The van der Waals surface area contributed by atoms with Crippen molar-refractivity contribution >= 4 is 16.9 Å². The molecule has 0 unspecified atom stereocenters. The number of hydrogen-bond donors (Lipinski definition) is 0. The molecule has 5 heterocycles. The van der Waals surface area contributed by atoms with Gasteiger partial charge in [-0.3, -0.25) is 19.7 Å². The van der Waals surface area contributed by atoms with E-state index in [-0.39, 0.29) is 30.6 Å². The van der Waals surface area contributed by atoms with E-state index in [9.17, 15) is 9.18 Å². The zero-order valence-corrected chi connectivity index (χ0v) is 21.1. The third-order valence-corrected chi connectivity index (χ3v) is 7.82. The number of aromatic nitrogens is 4. The van der Waals surface area contributed by atoms with Gasteiger partial charge in [0, 0.05) is 76.3 Å². The summed E-state index contributed by atoms with van der Waals surface area (Å²) in [6.45, 7) is 2.73. The highest BCUT2D eigenvalue weighted by Gasteiger charge is 2.45. The van der Waals surface area contributed by atoms with Gasteiger partial charge in [0.2, 0.25) is 0 Å². The number of pyridine rings is 2. The number of rotatable bonds is 5. The summed E-state index contributed by atoms with van der Waals surface area (Å²) in [6.07, 6.45) is 7.01. The van der Waals surface area contributed by atoms with Crippen molar-refractivity contribution in [3.8, 4) is 11.5 Å². The Morgan fingerprint density at radius 1 is 1.00 bits per heavy atom. The van der Waals surface area contributed by atoms with E-state index in [1.54, 1.807) is 23.4 Å². The molecule has 2 aliphatic heterocycles. The molecule has 2 aliphatic rings. The van der Waals surface area contributed by atoms with Gasteiger partial charge in [-0.05, 0) is 48.7 Å². The average Bonchev–Trinajstić information content (AvgIpc) is 3.34. The number of fused-ring (bicyclic) bond motifs is 1. The molecule has 9 heteroatoms. The van der Waals surface area contributed by atoms with Crippen molar-refractivity contribution in [3.05, 3.63) is 78.5 Å². The topological polar surface area (TPSA) is 67.2 Å². The number of likely N-dealkylation sites (tertiary alicyclic amines) is 2. The maximum absolute atomic E-state index is 15.9. The summed E-state index contributed by atoms with van der Waals surface area (Å²) < 4.78 is 31.9. The van der Waals surface area contributed by atoms with Crippen molar-refractivity contribution in [1.82, 2.24) is 29.3 Å². The zero-order chi connectivity index (χ0) is 26.1. The van der Waals surface area contributed by atoms with Crippen LogP contribution in [0.5, 0.6) is 0 Å². The Morgan fingerprint density at radius 2 is 1.82 bits per heavy atom. The van der Waals surface area contributed by atoms with Crippen LogP contribution in [0.4, 0.5) is 8.78 Å². The molecule has 38 heavy (non-hydrogen) atoms. The maximum Gasteiger partial charge on any atom is 0.260 e. The molecule has 4 aromatic rings. The zero-order valence-electron chi connectivity index (χ0n) is 21.1. The number of carbonyl (C=O) groups is 1. The number of benzene rings is 1. The number of hydrogen-bond acceptors (Lipinski definition) is 5. The monoisotopic (exact) mass is 516 g/mol. The van der Waals surface area contributed by atoms with Gasteiger partial charge in [0.1, 0.15) is 11.5 Å². The average molecular weight is 517 g/mol. The molecule has 0 saturated carbocycles. The van der Waals surface area contributed by atoms with Gasteiger partial charge in [-0.1, -0.05) is 12.1 Å². The number of carbonyl (C=O) groups excluding carboxylic acids is 1. The van der Waals surface area contributed by atoms with E-state index < -0.39 is 5.67 Å². The van der Waals surface area contributed by atoms with Crippen molar-refractivity contribution in [2.45, 2.75) is 43.9 Å². The van der Waals surface area contributed by atoms with Crippen LogP contribution in [0.1, 0.15) is 37.3 Å². The summed E-state index contributed by atoms with van der Waals surface area (Å²) >= 11 is 0. The van der Waals surface area contributed by atoms with E-state index in [1.165, 1.54) is 12.1 Å². The quantitative estimate of drug-likeness (QED) is 0.381. The number of halogens is 2. The fourth-order valence-electron chi connectivity index (χ4n) is 5.76. The van der Waals surface area contributed by atoms with E-state index in [0.29, 0.717) is 62.6 Å². The van der Waals surface area contributed by atoms with Crippen LogP contribution in [0.3, 0.4) is 0 Å². The second kappa shape index (κ2) is 10.2. The summed E-state index contributed by atoms with van der Waals surface area (Å²) in [4.78, 5) is 30.5. The van der Waals surface area contributed by atoms with Gasteiger partial charge in [-0.25, -0.2) is 13.8 Å². The van der Waals surface area contributed by atoms with E-state index in [4.69, 9.17) is 4.98 Å². The fraction of sp³-hybridized carbons (Fsp3) is 0.379. The van der Waals surface area contributed by atoms with Gasteiger partial charge in [0.15, 0.2) is 11.5 Å². The van der Waals surface area contributed by atoms with E-state index in [1.807, 2.05) is 36.5 Å². The predicted molar refractivity (Wildman–Crippen MR) is 140 cm³/mol. The molecule has 0 N–H and O–H groups in total. The minimum absolute atomic E-state index is 0.0448. The van der Waals surface area contributed by atoms with Crippen LogP contribution in [-0.2, 0) is 11.3 Å². The lowest BCUT2D eigenvalue weighted by atomic mass is 9.90. The molecule has 2 fully saturated rings. The second-order valence-electron chi connectivity index (χ2n) is 10.3. The van der Waals surface area contributed by atoms with E-state index in [0.717, 1.165) is 11.1 Å². The van der Waals surface area contributed by atoms with Crippen LogP contribution in [0.25, 0.3) is 22.6 Å². The molecule has 1 aromatic carbocycles.